The van der Waals surface area contributed by atoms with Gasteiger partial charge in [-0.2, -0.15) is 0 Å². The van der Waals surface area contributed by atoms with Crippen molar-refractivity contribution in [3.63, 3.8) is 0 Å². The third-order valence-electron chi connectivity index (χ3n) is 2.42. The number of ether oxygens (including phenoxy) is 1. The van der Waals surface area contributed by atoms with Crippen LogP contribution in [0.25, 0.3) is 0 Å². The summed E-state index contributed by atoms with van der Waals surface area (Å²) in [5.74, 6) is 0. The van der Waals surface area contributed by atoms with Crippen LogP contribution < -0.4 is 0 Å². The molecule has 1 unspecified atom stereocenters. The average molecular weight is 316 g/mol. The zero-order valence-electron chi connectivity index (χ0n) is 9.74. The van der Waals surface area contributed by atoms with Gasteiger partial charge in [-0.25, -0.2) is 4.98 Å². The summed E-state index contributed by atoms with van der Waals surface area (Å²) in [6.45, 7) is 0.217. The fourth-order valence-electron chi connectivity index (χ4n) is 1.15. The summed E-state index contributed by atoms with van der Waals surface area (Å²) in [6, 6.07) is 0. The van der Waals surface area contributed by atoms with Crippen molar-refractivity contribution in [3.8, 4) is 0 Å². The Hall–Kier alpha value is -0.570. The number of aromatic amines is 1. The standard InChI is InChI=1S/C7H14N2O8P2/c1-5(6-2-8-4-9-6)17-3-7(10,18(11,12)13)19(14,15)16/h2,4-5,10H,3H2,1H3,(H,8,9)(H2,11,12,13)(H2,14,15,16). The maximum atomic E-state index is 11.1. The predicted molar refractivity (Wildman–Crippen MR) is 62.0 cm³/mol. The molecule has 10 nitrogen and oxygen atoms in total. The molecule has 1 aromatic rings. The van der Waals surface area contributed by atoms with Crippen LogP contribution in [0.2, 0.25) is 0 Å². The van der Waals surface area contributed by atoms with Crippen LogP contribution in [0.3, 0.4) is 0 Å². The SMILES string of the molecule is CC(OCC(O)(P(=O)(O)O)P(=O)(O)O)c1cnc[nH]1. The van der Waals surface area contributed by atoms with E-state index in [2.05, 4.69) is 9.97 Å². The highest BCUT2D eigenvalue weighted by atomic mass is 31.2. The first-order valence-corrected chi connectivity index (χ1v) is 8.15. The second-order valence-electron chi connectivity index (χ2n) is 3.82. The van der Waals surface area contributed by atoms with E-state index in [9.17, 15) is 14.2 Å². The lowest BCUT2D eigenvalue weighted by atomic mass is 10.3. The molecule has 19 heavy (non-hydrogen) atoms. The van der Waals surface area contributed by atoms with Crippen LogP contribution in [0.5, 0.6) is 0 Å². The molecular formula is C7H14N2O8P2. The number of nitrogens with zero attached hydrogens (tertiary/aromatic N) is 1. The minimum atomic E-state index is -5.50. The number of rotatable bonds is 6. The second-order valence-corrected chi connectivity index (χ2v) is 7.83. The Kier molecular flexibility index (Phi) is 4.71. The molecule has 1 heterocycles. The first kappa shape index (κ1) is 16.5. The zero-order valence-corrected chi connectivity index (χ0v) is 11.5. The first-order valence-electron chi connectivity index (χ1n) is 4.92. The van der Waals surface area contributed by atoms with Crippen molar-refractivity contribution in [1.29, 1.82) is 0 Å². The highest BCUT2D eigenvalue weighted by Crippen LogP contribution is 2.67. The van der Waals surface area contributed by atoms with Gasteiger partial charge in [0.25, 0.3) is 5.08 Å². The highest BCUT2D eigenvalue weighted by molar-refractivity contribution is 7.72. The number of nitrogens with one attached hydrogen (secondary N) is 1. The Bertz CT molecular complexity index is 483. The third kappa shape index (κ3) is 3.50. The topological polar surface area (TPSA) is 173 Å². The fraction of sp³-hybridized carbons (Fsp3) is 0.571. The van der Waals surface area contributed by atoms with E-state index < -0.39 is 33.0 Å². The van der Waals surface area contributed by atoms with Crippen molar-refractivity contribution >= 4 is 15.2 Å². The quantitative estimate of drug-likeness (QED) is 0.378. The fourth-order valence-corrected chi connectivity index (χ4v) is 3.00. The van der Waals surface area contributed by atoms with Crippen LogP contribution in [0.1, 0.15) is 18.7 Å². The molecule has 110 valence electrons. The van der Waals surface area contributed by atoms with Crippen molar-refractivity contribution in [2.45, 2.75) is 18.1 Å². The molecule has 1 atom stereocenters. The van der Waals surface area contributed by atoms with Crippen LogP contribution >= 0.6 is 15.2 Å². The van der Waals surface area contributed by atoms with Crippen molar-refractivity contribution in [3.05, 3.63) is 18.2 Å². The Morgan fingerprint density at radius 2 is 1.89 bits per heavy atom. The van der Waals surface area contributed by atoms with Crippen LogP contribution in [0, 0.1) is 0 Å². The maximum absolute atomic E-state index is 11.1. The Balaban J connectivity index is 2.87. The summed E-state index contributed by atoms with van der Waals surface area (Å²) in [6.07, 6.45) is 1.89. The van der Waals surface area contributed by atoms with Gasteiger partial charge in [-0.05, 0) is 6.92 Å². The van der Waals surface area contributed by atoms with E-state index in [-0.39, 0.29) is 0 Å². The van der Waals surface area contributed by atoms with Crippen molar-refractivity contribution in [2.75, 3.05) is 6.61 Å². The molecule has 0 saturated heterocycles. The molecule has 0 saturated carbocycles. The molecule has 12 heteroatoms. The smallest absolute Gasteiger partial charge is 0.368 e. The van der Waals surface area contributed by atoms with Crippen molar-refractivity contribution in [1.82, 2.24) is 9.97 Å². The number of aromatic nitrogens is 2. The van der Waals surface area contributed by atoms with Gasteiger partial charge in [-0.1, -0.05) is 0 Å². The molecule has 0 radical (unpaired) electrons. The molecule has 0 aromatic carbocycles. The first-order chi connectivity index (χ1) is 8.49. The Morgan fingerprint density at radius 3 is 2.26 bits per heavy atom. The molecule has 0 amide bonds. The second kappa shape index (κ2) is 5.43. The van der Waals surface area contributed by atoms with Gasteiger partial charge in [-0.3, -0.25) is 9.13 Å². The van der Waals surface area contributed by atoms with E-state index in [4.69, 9.17) is 24.3 Å². The molecule has 1 rings (SSSR count). The van der Waals surface area contributed by atoms with E-state index in [1.807, 2.05) is 0 Å². The van der Waals surface area contributed by atoms with Gasteiger partial charge < -0.3 is 34.4 Å². The molecule has 1 aromatic heterocycles. The van der Waals surface area contributed by atoms with E-state index in [0.717, 1.165) is 0 Å². The molecule has 0 aliphatic heterocycles. The average Bonchev–Trinajstić information content (AvgIpc) is 2.75. The summed E-state index contributed by atoms with van der Waals surface area (Å²) in [4.78, 5) is 41.9. The molecule has 0 bridgehead atoms. The Labute approximate surface area is 107 Å². The molecule has 0 fully saturated rings. The molecule has 0 aliphatic carbocycles. The lowest BCUT2D eigenvalue weighted by Gasteiger charge is -2.29. The number of H-pyrrole nitrogens is 1. The lowest BCUT2D eigenvalue weighted by molar-refractivity contribution is -0.0109. The van der Waals surface area contributed by atoms with Crippen molar-refractivity contribution < 1.29 is 38.5 Å². The Morgan fingerprint density at radius 1 is 1.37 bits per heavy atom. The lowest BCUT2D eigenvalue weighted by Crippen LogP contribution is -2.34. The zero-order chi connectivity index (χ0) is 14.9. The van der Waals surface area contributed by atoms with Gasteiger partial charge in [-0.15, -0.1) is 0 Å². The monoisotopic (exact) mass is 316 g/mol. The normalized spacial score (nSPS) is 15.5. The number of hydrogen-bond acceptors (Lipinski definition) is 5. The summed E-state index contributed by atoms with van der Waals surface area (Å²) in [5.41, 5.74) is 0.416. The maximum Gasteiger partial charge on any atom is 0.371 e. The van der Waals surface area contributed by atoms with Gasteiger partial charge in [0.1, 0.15) is 6.61 Å². The summed E-state index contributed by atoms with van der Waals surface area (Å²) >= 11 is 0. The van der Waals surface area contributed by atoms with Gasteiger partial charge in [0.2, 0.25) is 0 Å². The van der Waals surface area contributed by atoms with Crippen molar-refractivity contribution in [2.24, 2.45) is 0 Å². The third-order valence-corrected chi connectivity index (χ3v) is 6.10. The summed E-state index contributed by atoms with van der Waals surface area (Å²) < 4.78 is 27.0. The number of aliphatic hydroxyl groups is 1. The summed E-state index contributed by atoms with van der Waals surface area (Å²) in [5, 5.41) is 5.98. The van der Waals surface area contributed by atoms with Gasteiger partial charge in [0.15, 0.2) is 0 Å². The number of hydrogen-bond donors (Lipinski definition) is 6. The molecular weight excluding hydrogens is 302 g/mol. The highest BCUT2D eigenvalue weighted by Gasteiger charge is 2.60. The number of imidazole rings is 1. The minimum absolute atomic E-state index is 0.416. The molecule has 6 N–H and O–H groups in total. The van der Waals surface area contributed by atoms with Crippen LogP contribution in [-0.2, 0) is 13.9 Å². The summed E-state index contributed by atoms with van der Waals surface area (Å²) in [7, 11) is -11.0. The van der Waals surface area contributed by atoms with Crippen LogP contribution in [0.4, 0.5) is 0 Å². The van der Waals surface area contributed by atoms with Gasteiger partial charge in [0, 0.05) is 0 Å². The molecule has 0 aliphatic rings. The van der Waals surface area contributed by atoms with E-state index in [1.165, 1.54) is 19.4 Å². The molecule has 0 spiro atoms. The van der Waals surface area contributed by atoms with E-state index in [1.54, 1.807) is 0 Å². The minimum Gasteiger partial charge on any atom is -0.368 e. The predicted octanol–water partition coefficient (Wildman–Crippen LogP) is -0.511. The van der Waals surface area contributed by atoms with E-state index in [0.29, 0.717) is 5.69 Å². The van der Waals surface area contributed by atoms with Crippen LogP contribution in [-0.4, -0.2) is 46.3 Å². The van der Waals surface area contributed by atoms with Crippen LogP contribution in [0.15, 0.2) is 12.5 Å². The van der Waals surface area contributed by atoms with E-state index >= 15 is 0 Å². The largest absolute Gasteiger partial charge is 0.371 e. The van der Waals surface area contributed by atoms with Gasteiger partial charge in [0.05, 0.1) is 24.3 Å². The van der Waals surface area contributed by atoms with Gasteiger partial charge >= 0.3 is 15.2 Å².